The topological polar surface area (TPSA) is 65.8 Å². The lowest BCUT2D eigenvalue weighted by Gasteiger charge is -2.27. The van der Waals surface area contributed by atoms with Crippen LogP contribution in [0.3, 0.4) is 0 Å². The molecule has 2 aliphatic rings. The minimum Gasteiger partial charge on any atom is -0.480 e. The van der Waals surface area contributed by atoms with Crippen LogP contribution in [0.25, 0.3) is 10.2 Å². The summed E-state index contributed by atoms with van der Waals surface area (Å²) in [5.74, 6) is -0.361. The first-order chi connectivity index (χ1) is 10.6. The fourth-order valence-corrected chi connectivity index (χ4v) is 4.98. The third-order valence-corrected chi connectivity index (χ3v) is 6.27. The van der Waals surface area contributed by atoms with Crippen LogP contribution in [0.2, 0.25) is 0 Å². The minimum absolute atomic E-state index is 0.500. The Morgan fingerprint density at radius 2 is 2.32 bits per heavy atom. The van der Waals surface area contributed by atoms with Crippen LogP contribution in [0.1, 0.15) is 17.0 Å². The average Bonchev–Trinajstić information content (AvgIpc) is 3.12. The summed E-state index contributed by atoms with van der Waals surface area (Å²) in [5.41, 5.74) is 3.64. The second-order valence-corrected chi connectivity index (χ2v) is 7.63. The first-order valence-corrected chi connectivity index (χ1v) is 9.00. The van der Waals surface area contributed by atoms with E-state index in [2.05, 4.69) is 34.1 Å². The molecule has 0 saturated carbocycles. The monoisotopic (exact) mass is 333 g/mol. The Balaban J connectivity index is 1.75. The summed E-state index contributed by atoms with van der Waals surface area (Å²) >= 11 is 3.09. The van der Waals surface area contributed by atoms with E-state index in [-0.39, 0.29) is 0 Å². The number of carbonyl (C=O) groups is 1. The van der Waals surface area contributed by atoms with E-state index >= 15 is 0 Å². The van der Waals surface area contributed by atoms with Crippen LogP contribution in [0.5, 0.6) is 0 Å². The Labute approximate surface area is 136 Å². The van der Waals surface area contributed by atoms with E-state index < -0.39 is 12.0 Å². The summed E-state index contributed by atoms with van der Waals surface area (Å²) in [7, 11) is 2.13. The zero-order valence-electron chi connectivity index (χ0n) is 12.1. The van der Waals surface area contributed by atoms with Crippen molar-refractivity contribution >= 4 is 50.0 Å². The number of hydrogen-bond acceptors (Lipinski definition) is 6. The zero-order chi connectivity index (χ0) is 15.3. The summed E-state index contributed by atoms with van der Waals surface area (Å²) in [6, 6.07) is 3.75. The Morgan fingerprint density at radius 3 is 3.09 bits per heavy atom. The maximum atomic E-state index is 11.0. The number of aromatic nitrogens is 1. The van der Waals surface area contributed by atoms with Gasteiger partial charge in [0, 0.05) is 25.0 Å². The molecule has 4 rings (SSSR count). The maximum Gasteiger partial charge on any atom is 0.329 e. The number of aliphatic carboxylic acids is 1. The highest BCUT2D eigenvalue weighted by Crippen LogP contribution is 2.35. The molecule has 22 heavy (non-hydrogen) atoms. The van der Waals surface area contributed by atoms with E-state index in [0.29, 0.717) is 5.75 Å². The molecule has 7 heteroatoms. The van der Waals surface area contributed by atoms with Gasteiger partial charge in [-0.25, -0.2) is 9.78 Å². The van der Waals surface area contributed by atoms with Gasteiger partial charge < -0.3 is 10.0 Å². The van der Waals surface area contributed by atoms with Gasteiger partial charge in [0.2, 0.25) is 0 Å². The molecule has 0 radical (unpaired) electrons. The Morgan fingerprint density at radius 1 is 1.45 bits per heavy atom. The Hall–Kier alpha value is -1.60. The van der Waals surface area contributed by atoms with Crippen LogP contribution in [0.15, 0.2) is 17.1 Å². The lowest BCUT2D eigenvalue weighted by Crippen LogP contribution is -2.24. The number of thioether (sulfide) groups is 1. The first kappa shape index (κ1) is 14.0. The highest BCUT2D eigenvalue weighted by molar-refractivity contribution is 8.15. The molecule has 1 unspecified atom stereocenters. The number of carboxylic acid groups (broad SMARTS) is 1. The Bertz CT molecular complexity index is 799. The third-order valence-electron chi connectivity index (χ3n) is 4.06. The molecule has 1 N–H and O–H groups in total. The number of aliphatic imine (C=N–C) groups is 1. The minimum atomic E-state index is -0.860. The number of anilines is 1. The summed E-state index contributed by atoms with van der Waals surface area (Å²) in [6.07, 6.45) is 2.27. The number of thiazole rings is 1. The number of carboxylic acids is 1. The predicted molar refractivity (Wildman–Crippen MR) is 91.6 cm³/mol. The van der Waals surface area contributed by atoms with Crippen LogP contribution < -0.4 is 4.90 Å². The van der Waals surface area contributed by atoms with E-state index in [1.54, 1.807) is 11.3 Å². The number of aryl methyl sites for hydroxylation is 1. The zero-order valence-corrected chi connectivity index (χ0v) is 13.7. The van der Waals surface area contributed by atoms with Crippen molar-refractivity contribution in [1.82, 2.24) is 4.98 Å². The molecule has 0 saturated heterocycles. The highest BCUT2D eigenvalue weighted by Gasteiger charge is 2.27. The normalized spacial score (nSPS) is 21.0. The van der Waals surface area contributed by atoms with Gasteiger partial charge in [-0.1, -0.05) is 0 Å². The van der Waals surface area contributed by atoms with Gasteiger partial charge in [-0.3, -0.25) is 4.99 Å². The molecule has 0 amide bonds. The van der Waals surface area contributed by atoms with Gasteiger partial charge in [-0.15, -0.1) is 23.1 Å². The summed E-state index contributed by atoms with van der Waals surface area (Å²) < 4.78 is 1.14. The van der Waals surface area contributed by atoms with Gasteiger partial charge in [0.05, 0.1) is 10.2 Å². The molecule has 0 spiro atoms. The van der Waals surface area contributed by atoms with Crippen LogP contribution in [0.4, 0.5) is 5.69 Å². The largest absolute Gasteiger partial charge is 0.480 e. The molecule has 3 heterocycles. The molecule has 2 aromatic rings. The second kappa shape index (κ2) is 5.24. The molecular formula is C15H15N3O2S2. The molecular weight excluding hydrogens is 318 g/mol. The molecule has 1 aromatic carbocycles. The van der Waals surface area contributed by atoms with Gasteiger partial charge in [-0.05, 0) is 30.5 Å². The lowest BCUT2D eigenvalue weighted by molar-refractivity contribution is -0.137. The van der Waals surface area contributed by atoms with Crippen molar-refractivity contribution in [2.24, 2.45) is 4.99 Å². The van der Waals surface area contributed by atoms with Gasteiger partial charge in [0.15, 0.2) is 6.04 Å². The predicted octanol–water partition coefficient (Wildman–Crippen LogP) is 2.63. The van der Waals surface area contributed by atoms with E-state index in [1.165, 1.54) is 29.4 Å². The second-order valence-electron chi connectivity index (χ2n) is 5.59. The number of fused-ring (bicyclic) bond motifs is 2. The van der Waals surface area contributed by atoms with Gasteiger partial charge in [0.1, 0.15) is 10.1 Å². The number of rotatable bonds is 2. The van der Waals surface area contributed by atoms with Crippen molar-refractivity contribution < 1.29 is 9.90 Å². The van der Waals surface area contributed by atoms with Crippen LogP contribution in [0, 0.1) is 0 Å². The average molecular weight is 333 g/mol. The van der Waals surface area contributed by atoms with Gasteiger partial charge >= 0.3 is 5.97 Å². The molecule has 114 valence electrons. The van der Waals surface area contributed by atoms with E-state index in [0.717, 1.165) is 33.2 Å². The van der Waals surface area contributed by atoms with E-state index in [1.807, 2.05) is 0 Å². The van der Waals surface area contributed by atoms with E-state index in [9.17, 15) is 4.79 Å². The highest BCUT2D eigenvalue weighted by atomic mass is 32.2. The number of benzene rings is 1. The molecule has 2 aliphatic heterocycles. The standard InChI is InChI=1S/C15H15N3O2S2/c1-18-4-2-3-8-5-9-12(6-11(8)18)22-14(16-9)13-17-10(7-21-13)15(19)20/h5-6,10H,2-4,7H2,1H3,(H,19,20). The maximum absolute atomic E-state index is 11.0. The van der Waals surface area contributed by atoms with Crippen molar-refractivity contribution in [3.63, 3.8) is 0 Å². The van der Waals surface area contributed by atoms with Crippen molar-refractivity contribution in [1.29, 1.82) is 0 Å². The molecule has 1 atom stereocenters. The molecule has 5 nitrogen and oxygen atoms in total. The molecule has 0 bridgehead atoms. The fraction of sp³-hybridized carbons (Fsp3) is 0.400. The molecule has 1 aromatic heterocycles. The Kier molecular flexibility index (Phi) is 3.34. The van der Waals surface area contributed by atoms with Crippen molar-refractivity contribution in [2.45, 2.75) is 18.9 Å². The lowest BCUT2D eigenvalue weighted by atomic mass is 10.0. The van der Waals surface area contributed by atoms with Crippen LogP contribution >= 0.6 is 23.1 Å². The third kappa shape index (κ3) is 2.28. The van der Waals surface area contributed by atoms with E-state index in [4.69, 9.17) is 5.11 Å². The fourth-order valence-electron chi connectivity index (χ4n) is 2.90. The molecule has 0 aliphatic carbocycles. The van der Waals surface area contributed by atoms with Crippen LogP contribution in [-0.4, -0.2) is 46.5 Å². The summed E-state index contributed by atoms with van der Waals surface area (Å²) in [4.78, 5) is 22.3. The smallest absolute Gasteiger partial charge is 0.329 e. The first-order valence-electron chi connectivity index (χ1n) is 7.20. The SMILES string of the molecule is CN1CCCc2cc3nc(C4=NC(C(=O)O)CS4)sc3cc21. The summed E-state index contributed by atoms with van der Waals surface area (Å²) in [5, 5.41) is 10.7. The quantitative estimate of drug-likeness (QED) is 0.915. The van der Waals surface area contributed by atoms with Gasteiger partial charge in [0.25, 0.3) is 0 Å². The van der Waals surface area contributed by atoms with Crippen LogP contribution in [-0.2, 0) is 11.2 Å². The number of nitrogens with zero attached hydrogens (tertiary/aromatic N) is 3. The van der Waals surface area contributed by atoms with Crippen molar-refractivity contribution in [3.8, 4) is 0 Å². The van der Waals surface area contributed by atoms with Gasteiger partial charge in [-0.2, -0.15) is 0 Å². The van der Waals surface area contributed by atoms with Crippen molar-refractivity contribution in [2.75, 3.05) is 24.2 Å². The summed E-state index contributed by atoms with van der Waals surface area (Å²) in [6.45, 7) is 1.09. The van der Waals surface area contributed by atoms with Crippen molar-refractivity contribution in [3.05, 3.63) is 22.7 Å². The number of hydrogen-bond donors (Lipinski definition) is 1. The molecule has 0 fully saturated rings.